The van der Waals surface area contributed by atoms with Gasteiger partial charge in [-0.2, -0.15) is 0 Å². The van der Waals surface area contributed by atoms with Crippen molar-refractivity contribution in [2.24, 2.45) is 0 Å². The second kappa shape index (κ2) is 11.3. The molecule has 0 unspecified atom stereocenters. The Morgan fingerprint density at radius 2 is 1.80 bits per heavy atom. The Balaban J connectivity index is 1.32. The van der Waals surface area contributed by atoms with Crippen molar-refractivity contribution in [3.8, 4) is 11.6 Å². The van der Waals surface area contributed by atoms with Crippen molar-refractivity contribution in [3.63, 3.8) is 0 Å². The van der Waals surface area contributed by atoms with E-state index in [0.717, 1.165) is 18.4 Å². The van der Waals surface area contributed by atoms with Crippen LogP contribution in [0.15, 0.2) is 60.9 Å². The van der Waals surface area contributed by atoms with E-state index in [1.807, 2.05) is 30.3 Å². The number of hydrogen-bond acceptors (Lipinski definition) is 6. The number of likely N-dealkylation sites (tertiary alicyclic amines) is 1. The van der Waals surface area contributed by atoms with E-state index in [2.05, 4.69) is 25.9 Å². The van der Waals surface area contributed by atoms with Gasteiger partial charge in [-0.1, -0.05) is 30.3 Å². The lowest BCUT2D eigenvalue weighted by Crippen LogP contribution is -2.35. The molecule has 3 amide bonds. The molecule has 35 heavy (non-hydrogen) atoms. The molecule has 1 aliphatic rings. The van der Waals surface area contributed by atoms with Crippen molar-refractivity contribution < 1.29 is 18.7 Å². The van der Waals surface area contributed by atoms with Gasteiger partial charge in [0.1, 0.15) is 12.1 Å². The molecule has 1 aromatic heterocycles. The lowest BCUT2D eigenvalue weighted by molar-refractivity contribution is -0.119. The highest BCUT2D eigenvalue weighted by Gasteiger charge is 2.18. The zero-order chi connectivity index (χ0) is 24.6. The lowest BCUT2D eigenvalue weighted by atomic mass is 10.1. The maximum atomic E-state index is 14.6. The summed E-state index contributed by atoms with van der Waals surface area (Å²) in [5.74, 6) is -0.715. The van der Waals surface area contributed by atoms with Gasteiger partial charge < -0.3 is 20.3 Å². The number of nitrogens with one attached hydrogen (secondary N) is 3. The smallest absolute Gasteiger partial charge is 0.323 e. The summed E-state index contributed by atoms with van der Waals surface area (Å²) in [5.41, 5.74) is 1.19. The average molecular weight is 495 g/mol. The van der Waals surface area contributed by atoms with Crippen molar-refractivity contribution in [2.75, 3.05) is 23.7 Å². The maximum absolute atomic E-state index is 14.6. The molecule has 0 atom stereocenters. The van der Waals surface area contributed by atoms with Crippen LogP contribution in [0.1, 0.15) is 18.4 Å². The molecule has 0 aliphatic carbocycles. The fourth-order valence-corrected chi connectivity index (χ4v) is 3.69. The fourth-order valence-electron chi connectivity index (χ4n) is 3.46. The van der Waals surface area contributed by atoms with E-state index >= 15 is 0 Å². The van der Waals surface area contributed by atoms with E-state index < -0.39 is 5.82 Å². The number of carbonyl (C=O) groups is 2. The average Bonchev–Trinajstić information content (AvgIpc) is 3.37. The predicted molar refractivity (Wildman–Crippen MR) is 133 cm³/mol. The Morgan fingerprint density at radius 1 is 1.03 bits per heavy atom. The molecular weight excluding hydrogens is 471 g/mol. The van der Waals surface area contributed by atoms with E-state index in [-0.39, 0.29) is 40.9 Å². The minimum Gasteiger partial charge on any atom is -0.436 e. The van der Waals surface area contributed by atoms with Crippen LogP contribution in [0.4, 0.5) is 20.7 Å². The second-order valence-corrected chi connectivity index (χ2v) is 8.19. The molecule has 3 aromatic rings. The molecule has 180 valence electrons. The Bertz CT molecular complexity index is 1220. The molecule has 1 saturated heterocycles. The highest BCUT2D eigenvalue weighted by Crippen LogP contribution is 2.26. The van der Waals surface area contributed by atoms with Crippen LogP contribution < -0.4 is 20.7 Å². The topological polar surface area (TPSA) is 108 Å². The SMILES string of the molecule is O=C(Cc1ccccc1)NC(=S)Nc1ccc(Oc2cc(NC(=O)N3CCCC3)ncn2)c(F)c1. The van der Waals surface area contributed by atoms with Crippen molar-refractivity contribution in [1.29, 1.82) is 0 Å². The molecule has 1 fully saturated rings. The monoisotopic (exact) mass is 494 g/mol. The quantitative estimate of drug-likeness (QED) is 0.443. The third-order valence-corrected chi connectivity index (χ3v) is 5.34. The van der Waals surface area contributed by atoms with Crippen LogP contribution in [0.5, 0.6) is 11.6 Å². The molecule has 1 aliphatic heterocycles. The number of urea groups is 1. The number of ether oxygens (including phenoxy) is 1. The van der Waals surface area contributed by atoms with Gasteiger partial charge in [-0.05, 0) is 42.8 Å². The van der Waals surface area contributed by atoms with Crippen molar-refractivity contribution in [2.45, 2.75) is 19.3 Å². The van der Waals surface area contributed by atoms with Crippen LogP contribution in [0.25, 0.3) is 0 Å². The minimum atomic E-state index is -0.672. The van der Waals surface area contributed by atoms with Crippen molar-refractivity contribution in [3.05, 3.63) is 72.3 Å². The number of nitrogens with zero attached hydrogens (tertiary/aromatic N) is 3. The number of halogens is 1. The summed E-state index contributed by atoms with van der Waals surface area (Å²) in [5, 5.41) is 8.08. The van der Waals surface area contributed by atoms with Crippen LogP contribution >= 0.6 is 12.2 Å². The largest absolute Gasteiger partial charge is 0.436 e. The Labute approximate surface area is 206 Å². The van der Waals surface area contributed by atoms with E-state index in [0.29, 0.717) is 18.8 Å². The molecule has 11 heteroatoms. The van der Waals surface area contributed by atoms with Crippen LogP contribution in [0.3, 0.4) is 0 Å². The first-order chi connectivity index (χ1) is 17.0. The van der Waals surface area contributed by atoms with Gasteiger partial charge in [0.15, 0.2) is 16.7 Å². The molecular formula is C24H23FN6O3S. The lowest BCUT2D eigenvalue weighted by Gasteiger charge is -2.15. The first-order valence-corrected chi connectivity index (χ1v) is 11.4. The first kappa shape index (κ1) is 24.0. The summed E-state index contributed by atoms with van der Waals surface area (Å²) in [7, 11) is 0. The molecule has 2 heterocycles. The van der Waals surface area contributed by atoms with E-state index in [4.69, 9.17) is 17.0 Å². The third-order valence-electron chi connectivity index (χ3n) is 5.13. The highest BCUT2D eigenvalue weighted by molar-refractivity contribution is 7.80. The zero-order valence-corrected chi connectivity index (χ0v) is 19.5. The molecule has 0 radical (unpaired) electrons. The molecule has 0 bridgehead atoms. The summed E-state index contributed by atoms with van der Waals surface area (Å²) in [6.07, 6.45) is 3.34. The summed E-state index contributed by atoms with van der Waals surface area (Å²) >= 11 is 5.15. The zero-order valence-electron chi connectivity index (χ0n) is 18.7. The van der Waals surface area contributed by atoms with E-state index in [1.54, 1.807) is 11.0 Å². The number of rotatable bonds is 6. The maximum Gasteiger partial charge on any atom is 0.323 e. The van der Waals surface area contributed by atoms with Gasteiger partial charge in [-0.25, -0.2) is 19.2 Å². The van der Waals surface area contributed by atoms with Gasteiger partial charge >= 0.3 is 6.03 Å². The first-order valence-electron chi connectivity index (χ1n) is 11.0. The molecule has 0 saturated carbocycles. The molecule has 3 N–H and O–H groups in total. The van der Waals surface area contributed by atoms with Crippen molar-refractivity contribution in [1.82, 2.24) is 20.2 Å². The normalized spacial score (nSPS) is 12.7. The standard InChI is InChI=1S/C24H23FN6O3S/c25-18-13-17(28-23(35)30-21(32)12-16-6-2-1-3-7-16)8-9-19(18)34-22-14-20(26-15-27-22)29-24(33)31-10-4-5-11-31/h1-3,6-9,13-15H,4-5,10-12H2,(H,26,27,29,33)(H2,28,30,32,35). The van der Waals surface area contributed by atoms with Crippen LogP contribution in [-0.4, -0.2) is 45.0 Å². The second-order valence-electron chi connectivity index (χ2n) is 7.78. The summed E-state index contributed by atoms with van der Waals surface area (Å²) in [6.45, 7) is 1.40. The summed E-state index contributed by atoms with van der Waals surface area (Å²) in [6, 6.07) is 14.5. The Kier molecular flexibility index (Phi) is 7.78. The number of aromatic nitrogens is 2. The third kappa shape index (κ3) is 6.93. The van der Waals surface area contributed by atoms with Crippen LogP contribution in [0.2, 0.25) is 0 Å². The number of thiocarbonyl (C=S) groups is 1. The van der Waals surface area contributed by atoms with Crippen LogP contribution in [0, 0.1) is 5.82 Å². The Hall–Kier alpha value is -4.12. The number of carbonyl (C=O) groups excluding carboxylic acids is 2. The summed E-state index contributed by atoms with van der Waals surface area (Å²) < 4.78 is 20.2. The number of hydrogen-bond donors (Lipinski definition) is 3. The van der Waals surface area contributed by atoms with E-state index in [1.165, 1.54) is 24.5 Å². The Morgan fingerprint density at radius 3 is 2.54 bits per heavy atom. The number of amides is 3. The van der Waals surface area contributed by atoms with Gasteiger partial charge in [-0.15, -0.1) is 0 Å². The van der Waals surface area contributed by atoms with Crippen molar-refractivity contribution >= 4 is 40.8 Å². The van der Waals surface area contributed by atoms with Gasteiger partial charge in [-0.3, -0.25) is 10.1 Å². The van der Waals surface area contributed by atoms with E-state index in [9.17, 15) is 14.0 Å². The molecule has 2 aromatic carbocycles. The fraction of sp³-hybridized carbons (Fsp3) is 0.208. The number of benzene rings is 2. The summed E-state index contributed by atoms with van der Waals surface area (Å²) in [4.78, 5) is 34.0. The van der Waals surface area contributed by atoms with Gasteiger partial charge in [0.25, 0.3) is 0 Å². The minimum absolute atomic E-state index is 0.0492. The molecule has 9 nitrogen and oxygen atoms in total. The predicted octanol–water partition coefficient (Wildman–Crippen LogP) is 4.09. The highest BCUT2D eigenvalue weighted by atomic mass is 32.1. The van der Waals surface area contributed by atoms with Gasteiger partial charge in [0, 0.05) is 30.9 Å². The molecule has 0 spiro atoms. The molecule has 4 rings (SSSR count). The van der Waals surface area contributed by atoms with Gasteiger partial charge in [0.05, 0.1) is 6.42 Å². The van der Waals surface area contributed by atoms with Gasteiger partial charge in [0.2, 0.25) is 11.8 Å². The number of anilines is 2. The van der Waals surface area contributed by atoms with Crippen LogP contribution in [-0.2, 0) is 11.2 Å².